The monoisotopic (exact) mass is 248 g/mol. The number of rotatable bonds is 2. The normalized spacial score (nSPS) is 24.4. The van der Waals surface area contributed by atoms with Crippen LogP contribution >= 0.6 is 0 Å². The van der Waals surface area contributed by atoms with E-state index >= 15 is 0 Å². The Morgan fingerprint density at radius 2 is 2.06 bits per heavy atom. The number of anilines is 1. The summed E-state index contributed by atoms with van der Waals surface area (Å²) < 4.78 is 0. The standard InChI is InChI=1S/C14H24N4/c1-10(2)11-4-3-5-12-13(11)16-17-14(12)18-8-6-15-7-9-18/h10-11,15H,3-9H2,1-2H3,(H,16,17). The molecule has 4 heteroatoms. The number of aromatic nitrogens is 2. The molecule has 3 rings (SSSR count). The number of piperazine rings is 1. The molecule has 1 aliphatic heterocycles. The molecule has 1 aromatic rings. The summed E-state index contributed by atoms with van der Waals surface area (Å²) in [7, 11) is 0. The minimum absolute atomic E-state index is 0.679. The Kier molecular flexibility index (Phi) is 3.29. The molecule has 0 radical (unpaired) electrons. The van der Waals surface area contributed by atoms with E-state index in [9.17, 15) is 0 Å². The summed E-state index contributed by atoms with van der Waals surface area (Å²) in [5.74, 6) is 2.62. The van der Waals surface area contributed by atoms with Gasteiger partial charge in [0, 0.05) is 43.4 Å². The highest BCUT2D eigenvalue weighted by molar-refractivity contribution is 5.51. The Bertz CT molecular complexity index is 404. The van der Waals surface area contributed by atoms with Crippen molar-refractivity contribution in [3.05, 3.63) is 11.3 Å². The highest BCUT2D eigenvalue weighted by atomic mass is 15.3. The summed E-state index contributed by atoms with van der Waals surface area (Å²) in [5.41, 5.74) is 2.92. The minimum atomic E-state index is 0.679. The second-order valence-corrected chi connectivity index (χ2v) is 5.92. The van der Waals surface area contributed by atoms with Gasteiger partial charge in [0.25, 0.3) is 0 Å². The van der Waals surface area contributed by atoms with Crippen molar-refractivity contribution in [2.45, 2.75) is 39.0 Å². The zero-order chi connectivity index (χ0) is 12.5. The molecule has 1 atom stereocenters. The predicted molar refractivity (Wildman–Crippen MR) is 74.2 cm³/mol. The SMILES string of the molecule is CC(C)C1CCCc2c(N3CCNCC3)n[nH]c21. The smallest absolute Gasteiger partial charge is 0.153 e. The number of nitrogens with zero attached hydrogens (tertiary/aromatic N) is 2. The number of nitrogens with one attached hydrogen (secondary N) is 2. The van der Waals surface area contributed by atoms with E-state index in [1.807, 2.05) is 0 Å². The van der Waals surface area contributed by atoms with Crippen molar-refractivity contribution >= 4 is 5.82 Å². The molecule has 1 fully saturated rings. The number of aromatic amines is 1. The lowest BCUT2D eigenvalue weighted by atomic mass is 9.80. The van der Waals surface area contributed by atoms with E-state index in [0.29, 0.717) is 11.8 Å². The average molecular weight is 248 g/mol. The van der Waals surface area contributed by atoms with Gasteiger partial charge in [-0.2, -0.15) is 5.10 Å². The lowest BCUT2D eigenvalue weighted by molar-refractivity contribution is 0.425. The molecule has 0 bridgehead atoms. The summed E-state index contributed by atoms with van der Waals surface area (Å²) in [6, 6.07) is 0. The number of H-pyrrole nitrogens is 1. The molecule has 0 spiro atoms. The second-order valence-electron chi connectivity index (χ2n) is 5.92. The molecule has 0 aromatic carbocycles. The molecule has 0 amide bonds. The summed E-state index contributed by atoms with van der Waals surface area (Å²) in [4.78, 5) is 2.44. The highest BCUT2D eigenvalue weighted by Gasteiger charge is 2.29. The first-order valence-corrected chi connectivity index (χ1v) is 7.30. The van der Waals surface area contributed by atoms with Crippen molar-refractivity contribution in [3.63, 3.8) is 0 Å². The molecule has 2 heterocycles. The van der Waals surface area contributed by atoms with Crippen LogP contribution in [-0.4, -0.2) is 36.4 Å². The summed E-state index contributed by atoms with van der Waals surface area (Å²) >= 11 is 0. The number of fused-ring (bicyclic) bond motifs is 1. The fourth-order valence-corrected chi connectivity index (χ4v) is 3.37. The van der Waals surface area contributed by atoms with E-state index in [1.54, 1.807) is 0 Å². The van der Waals surface area contributed by atoms with Crippen LogP contribution in [0.5, 0.6) is 0 Å². The van der Waals surface area contributed by atoms with E-state index in [4.69, 9.17) is 0 Å². The van der Waals surface area contributed by atoms with E-state index in [1.165, 1.54) is 36.3 Å². The first kappa shape index (κ1) is 12.0. The van der Waals surface area contributed by atoms with E-state index in [-0.39, 0.29) is 0 Å². The number of hydrogen-bond acceptors (Lipinski definition) is 3. The van der Waals surface area contributed by atoms with Gasteiger partial charge in [0.05, 0.1) is 0 Å². The third-order valence-corrected chi connectivity index (χ3v) is 4.41. The molecular weight excluding hydrogens is 224 g/mol. The van der Waals surface area contributed by atoms with Gasteiger partial charge in [0.1, 0.15) is 0 Å². The van der Waals surface area contributed by atoms with Crippen LogP contribution in [0.2, 0.25) is 0 Å². The summed E-state index contributed by atoms with van der Waals surface area (Å²) in [6.45, 7) is 8.98. The van der Waals surface area contributed by atoms with Crippen LogP contribution in [0.1, 0.15) is 43.9 Å². The van der Waals surface area contributed by atoms with Crippen molar-refractivity contribution in [1.82, 2.24) is 15.5 Å². The molecule has 1 unspecified atom stereocenters. The van der Waals surface area contributed by atoms with Crippen molar-refractivity contribution < 1.29 is 0 Å². The molecule has 1 aromatic heterocycles. The zero-order valence-electron chi connectivity index (χ0n) is 11.5. The molecule has 0 saturated carbocycles. The third-order valence-electron chi connectivity index (χ3n) is 4.41. The maximum absolute atomic E-state index is 4.63. The quantitative estimate of drug-likeness (QED) is 0.840. The molecule has 4 nitrogen and oxygen atoms in total. The fourth-order valence-electron chi connectivity index (χ4n) is 3.37. The van der Waals surface area contributed by atoms with E-state index in [2.05, 4.69) is 34.3 Å². The lowest BCUT2D eigenvalue weighted by Crippen LogP contribution is -2.44. The van der Waals surface area contributed by atoms with Gasteiger partial charge >= 0.3 is 0 Å². The Hall–Kier alpha value is -1.03. The average Bonchev–Trinajstić information content (AvgIpc) is 2.83. The molecule has 2 N–H and O–H groups in total. The number of hydrogen-bond donors (Lipinski definition) is 2. The van der Waals surface area contributed by atoms with Gasteiger partial charge in [-0.25, -0.2) is 0 Å². The first-order chi connectivity index (χ1) is 8.77. The van der Waals surface area contributed by atoms with Crippen LogP contribution in [0.3, 0.4) is 0 Å². The molecule has 2 aliphatic rings. The van der Waals surface area contributed by atoms with E-state index < -0.39 is 0 Å². The Morgan fingerprint density at radius 1 is 1.28 bits per heavy atom. The van der Waals surface area contributed by atoms with Gasteiger partial charge in [0.2, 0.25) is 0 Å². The van der Waals surface area contributed by atoms with Gasteiger partial charge in [-0.05, 0) is 25.2 Å². The third kappa shape index (κ3) is 2.03. The first-order valence-electron chi connectivity index (χ1n) is 7.30. The second kappa shape index (κ2) is 4.92. The van der Waals surface area contributed by atoms with Gasteiger partial charge in [-0.3, -0.25) is 5.10 Å². The molecule has 18 heavy (non-hydrogen) atoms. The fraction of sp³-hybridized carbons (Fsp3) is 0.786. The minimum Gasteiger partial charge on any atom is -0.352 e. The highest BCUT2D eigenvalue weighted by Crippen LogP contribution is 2.39. The van der Waals surface area contributed by atoms with Crippen LogP contribution < -0.4 is 10.2 Å². The van der Waals surface area contributed by atoms with Crippen molar-refractivity contribution in [3.8, 4) is 0 Å². The van der Waals surface area contributed by atoms with Crippen LogP contribution in [0, 0.1) is 5.92 Å². The van der Waals surface area contributed by atoms with Gasteiger partial charge in [-0.1, -0.05) is 13.8 Å². The zero-order valence-corrected chi connectivity index (χ0v) is 11.5. The van der Waals surface area contributed by atoms with Crippen LogP contribution in [0.25, 0.3) is 0 Å². The van der Waals surface area contributed by atoms with Crippen molar-refractivity contribution in [1.29, 1.82) is 0 Å². The molecule has 1 aliphatic carbocycles. The van der Waals surface area contributed by atoms with Crippen molar-refractivity contribution in [2.24, 2.45) is 5.92 Å². The lowest BCUT2D eigenvalue weighted by Gasteiger charge is -2.30. The van der Waals surface area contributed by atoms with Gasteiger partial charge < -0.3 is 10.2 Å². The predicted octanol–water partition coefficient (Wildman–Crippen LogP) is 1.90. The Balaban J connectivity index is 1.89. The molecule has 1 saturated heterocycles. The largest absolute Gasteiger partial charge is 0.352 e. The Labute approximate surface area is 109 Å². The van der Waals surface area contributed by atoms with E-state index in [0.717, 1.165) is 26.2 Å². The summed E-state index contributed by atoms with van der Waals surface area (Å²) in [5, 5.41) is 11.4. The topological polar surface area (TPSA) is 44.0 Å². The van der Waals surface area contributed by atoms with Crippen LogP contribution in [0.15, 0.2) is 0 Å². The summed E-state index contributed by atoms with van der Waals surface area (Å²) in [6.07, 6.45) is 3.83. The molecular formula is C14H24N4. The van der Waals surface area contributed by atoms with Crippen LogP contribution in [-0.2, 0) is 6.42 Å². The van der Waals surface area contributed by atoms with Crippen molar-refractivity contribution in [2.75, 3.05) is 31.1 Å². The molecule has 100 valence electrons. The Morgan fingerprint density at radius 3 is 2.78 bits per heavy atom. The maximum Gasteiger partial charge on any atom is 0.153 e. The van der Waals surface area contributed by atoms with Gasteiger partial charge in [-0.15, -0.1) is 0 Å². The van der Waals surface area contributed by atoms with Gasteiger partial charge in [0.15, 0.2) is 5.82 Å². The maximum atomic E-state index is 4.63. The van der Waals surface area contributed by atoms with Crippen LogP contribution in [0.4, 0.5) is 5.82 Å².